The first kappa shape index (κ1) is 21.7. The fourth-order valence-electron chi connectivity index (χ4n) is 4.78. The van der Waals surface area contributed by atoms with E-state index in [-0.39, 0.29) is 0 Å². The molecular formula is C29H32P2. The van der Waals surface area contributed by atoms with Crippen LogP contribution < -0.4 is 21.2 Å². The molecule has 0 amide bonds. The Labute approximate surface area is 188 Å². The molecule has 2 heteroatoms. The van der Waals surface area contributed by atoms with Crippen molar-refractivity contribution in [3.63, 3.8) is 0 Å². The topological polar surface area (TPSA) is 0 Å². The summed E-state index contributed by atoms with van der Waals surface area (Å²) in [4.78, 5) is 0. The Bertz CT molecular complexity index is 1010. The fraction of sp³-hybridized carbons (Fsp3) is 0.103. The molecule has 4 aromatic carbocycles. The molecule has 0 aliphatic heterocycles. The molecule has 0 nitrogen and oxygen atoms in total. The molecule has 0 bridgehead atoms. The van der Waals surface area contributed by atoms with Gasteiger partial charge in [0.25, 0.3) is 0 Å². The van der Waals surface area contributed by atoms with Crippen molar-refractivity contribution in [2.45, 2.75) is 0 Å². The van der Waals surface area contributed by atoms with Gasteiger partial charge in [0.15, 0.2) is 0 Å². The quantitative estimate of drug-likeness (QED) is 0.313. The van der Waals surface area contributed by atoms with Gasteiger partial charge in [-0.25, -0.2) is 0 Å². The van der Waals surface area contributed by atoms with Gasteiger partial charge < -0.3 is 0 Å². The molecule has 4 rings (SSSR count). The molecule has 158 valence electrons. The van der Waals surface area contributed by atoms with E-state index in [0.29, 0.717) is 0 Å². The van der Waals surface area contributed by atoms with Crippen LogP contribution in [-0.2, 0) is 0 Å². The zero-order valence-corrected chi connectivity index (χ0v) is 20.2. The Morgan fingerprint density at radius 3 is 1.16 bits per heavy atom. The molecule has 0 spiro atoms. The van der Waals surface area contributed by atoms with Crippen LogP contribution in [0.4, 0.5) is 0 Å². The summed E-state index contributed by atoms with van der Waals surface area (Å²) in [5.41, 5.74) is 0. The van der Waals surface area contributed by atoms with E-state index in [2.05, 4.69) is 140 Å². The van der Waals surface area contributed by atoms with Gasteiger partial charge >= 0.3 is 188 Å². The van der Waals surface area contributed by atoms with Crippen molar-refractivity contribution in [1.82, 2.24) is 0 Å². The van der Waals surface area contributed by atoms with Crippen LogP contribution in [0, 0.1) is 0 Å². The Morgan fingerprint density at radius 2 is 0.839 bits per heavy atom. The molecule has 0 atom stereocenters. The molecule has 0 heterocycles. The predicted molar refractivity (Wildman–Crippen MR) is 147 cm³/mol. The van der Waals surface area contributed by atoms with Crippen LogP contribution in [0.5, 0.6) is 0 Å². The van der Waals surface area contributed by atoms with E-state index in [1.807, 2.05) is 0 Å². The van der Waals surface area contributed by atoms with E-state index in [9.17, 15) is 0 Å². The molecule has 0 aliphatic carbocycles. The van der Waals surface area contributed by atoms with Crippen LogP contribution in [0.25, 0.3) is 0 Å². The SMILES string of the molecule is C=C[PH](CC[PH](C)(c1ccccc1)c1ccccc1)(c1ccccc1)c1ccccc1. The maximum atomic E-state index is 4.41. The van der Waals surface area contributed by atoms with Gasteiger partial charge in [-0.3, -0.25) is 0 Å². The van der Waals surface area contributed by atoms with Gasteiger partial charge in [-0.05, 0) is 0 Å². The molecule has 31 heavy (non-hydrogen) atoms. The zero-order valence-electron chi connectivity index (χ0n) is 18.2. The van der Waals surface area contributed by atoms with E-state index in [0.717, 1.165) is 6.16 Å². The third-order valence-corrected chi connectivity index (χ3v) is 16.2. The predicted octanol–water partition coefficient (Wildman–Crippen LogP) is 5.56. The van der Waals surface area contributed by atoms with Gasteiger partial charge in [0.05, 0.1) is 0 Å². The Kier molecular flexibility index (Phi) is 6.82. The van der Waals surface area contributed by atoms with Crippen molar-refractivity contribution < 1.29 is 0 Å². The summed E-state index contributed by atoms with van der Waals surface area (Å²) in [7, 11) is -4.01. The third kappa shape index (κ3) is 4.43. The summed E-state index contributed by atoms with van der Waals surface area (Å²) in [5, 5.41) is 5.92. The van der Waals surface area contributed by atoms with Crippen molar-refractivity contribution in [1.29, 1.82) is 0 Å². The van der Waals surface area contributed by atoms with Crippen LogP contribution >= 0.6 is 14.5 Å². The zero-order chi connectivity index (χ0) is 21.6. The minimum atomic E-state index is -2.10. The van der Waals surface area contributed by atoms with Crippen molar-refractivity contribution >= 4 is 35.7 Å². The van der Waals surface area contributed by atoms with Gasteiger partial charge in [0, 0.05) is 0 Å². The van der Waals surface area contributed by atoms with E-state index >= 15 is 0 Å². The molecular weight excluding hydrogens is 410 g/mol. The van der Waals surface area contributed by atoms with Crippen LogP contribution in [0.3, 0.4) is 0 Å². The van der Waals surface area contributed by atoms with Crippen molar-refractivity contribution in [2.75, 3.05) is 19.0 Å². The fourth-order valence-corrected chi connectivity index (χ4v) is 14.3. The van der Waals surface area contributed by atoms with Crippen LogP contribution in [0.1, 0.15) is 0 Å². The minimum absolute atomic E-state index is 1.16. The second-order valence-corrected chi connectivity index (χ2v) is 16.8. The molecule has 0 aliphatic rings. The maximum absolute atomic E-state index is 4.41. The Morgan fingerprint density at radius 1 is 0.516 bits per heavy atom. The first-order valence-corrected chi connectivity index (χ1v) is 16.0. The Balaban J connectivity index is 1.80. The van der Waals surface area contributed by atoms with Crippen LogP contribution in [0.2, 0.25) is 0 Å². The number of benzene rings is 4. The number of rotatable bonds is 8. The second kappa shape index (κ2) is 9.74. The summed E-state index contributed by atoms with van der Waals surface area (Å²) in [6.45, 7) is 6.95. The standard InChI is InChI=1S/C29H32P2/c1-3-31(28-20-12-6-13-21-28,29-22-14-7-15-23-29)25-24-30(2,26-16-8-4-9-17-26)27-18-10-5-11-19-27/h3-23,30-31H,1,24-25H2,2H3. The molecule has 0 fully saturated rings. The monoisotopic (exact) mass is 442 g/mol. The van der Waals surface area contributed by atoms with Crippen molar-refractivity contribution in [2.24, 2.45) is 0 Å². The summed E-state index contributed by atoms with van der Waals surface area (Å²) < 4.78 is 0. The average Bonchev–Trinajstić information content (AvgIpc) is 2.87. The van der Waals surface area contributed by atoms with Gasteiger partial charge in [-0.2, -0.15) is 0 Å². The van der Waals surface area contributed by atoms with Gasteiger partial charge in [-0.15, -0.1) is 0 Å². The summed E-state index contributed by atoms with van der Waals surface area (Å²) in [5.74, 6) is 2.31. The molecule has 0 unspecified atom stereocenters. The third-order valence-electron chi connectivity index (χ3n) is 6.77. The summed E-state index contributed by atoms with van der Waals surface area (Å²) in [6.07, 6.45) is 2.36. The normalized spacial score (nSPS) is 12.8. The second-order valence-electron chi connectivity index (χ2n) is 8.47. The summed E-state index contributed by atoms with van der Waals surface area (Å²) in [6, 6.07) is 44.5. The Hall–Kier alpha value is -2.52. The first-order valence-electron chi connectivity index (χ1n) is 11.0. The molecule has 0 aromatic heterocycles. The molecule has 0 saturated heterocycles. The van der Waals surface area contributed by atoms with Gasteiger partial charge in [0.1, 0.15) is 0 Å². The van der Waals surface area contributed by atoms with Crippen LogP contribution in [-0.4, -0.2) is 19.0 Å². The number of hydrogen-bond donors (Lipinski definition) is 0. The average molecular weight is 443 g/mol. The van der Waals surface area contributed by atoms with Crippen LogP contribution in [0.15, 0.2) is 134 Å². The van der Waals surface area contributed by atoms with Gasteiger partial charge in [0.2, 0.25) is 0 Å². The molecule has 0 saturated carbocycles. The van der Waals surface area contributed by atoms with E-state index < -0.39 is 14.5 Å². The van der Waals surface area contributed by atoms with E-state index in [1.54, 1.807) is 0 Å². The van der Waals surface area contributed by atoms with E-state index in [1.165, 1.54) is 27.4 Å². The van der Waals surface area contributed by atoms with Crippen molar-refractivity contribution in [3.05, 3.63) is 134 Å². The molecule has 0 radical (unpaired) electrons. The van der Waals surface area contributed by atoms with Gasteiger partial charge in [-0.1, -0.05) is 0 Å². The number of hydrogen-bond acceptors (Lipinski definition) is 0. The molecule has 4 aromatic rings. The van der Waals surface area contributed by atoms with Crippen molar-refractivity contribution in [3.8, 4) is 0 Å². The van der Waals surface area contributed by atoms with E-state index in [4.69, 9.17) is 0 Å². The molecule has 0 N–H and O–H groups in total. The summed E-state index contributed by atoms with van der Waals surface area (Å²) >= 11 is 0. The first-order chi connectivity index (χ1) is 15.2.